The molecular weight excluding hydrogens is 367 g/mol. The minimum atomic E-state index is -0.970. The fourth-order valence-electron chi connectivity index (χ4n) is 2.92. The van der Waals surface area contributed by atoms with E-state index in [4.69, 9.17) is 18.9 Å². The summed E-state index contributed by atoms with van der Waals surface area (Å²) in [6, 6.07) is 15.4. The first kappa shape index (κ1) is 20.0. The molecule has 0 unspecified atom stereocenters. The van der Waals surface area contributed by atoms with E-state index in [1.807, 2.05) is 48.5 Å². The van der Waals surface area contributed by atoms with Gasteiger partial charge in [0.05, 0.1) is 39.3 Å². The van der Waals surface area contributed by atoms with E-state index in [1.165, 1.54) is 0 Å². The van der Waals surface area contributed by atoms with E-state index < -0.39 is 12.3 Å². The monoisotopic (exact) mass is 392 g/mol. The maximum Gasteiger partial charge on any atom is 0.136 e. The Morgan fingerprint density at radius 2 is 1.44 bits per heavy atom. The number of hydrogen-bond donors (Lipinski definition) is 0. The molecule has 2 aromatic rings. The van der Waals surface area contributed by atoms with Crippen molar-refractivity contribution in [3.05, 3.63) is 59.7 Å². The standard InChI is InChI=1S/C21H25FO4S/c1-23-17-7-3-15(4-8-17)11-25-13-20-21(19(22)14-27-20)26-12-16-5-9-18(24-2)10-6-16/h3-10,19-21H,11-14H2,1-2H3/t19-,20-,21+/m1/s1. The van der Waals surface area contributed by atoms with Gasteiger partial charge in [0.2, 0.25) is 0 Å². The van der Waals surface area contributed by atoms with Gasteiger partial charge in [0, 0.05) is 5.75 Å². The summed E-state index contributed by atoms with van der Waals surface area (Å²) in [6.45, 7) is 1.33. The van der Waals surface area contributed by atoms with E-state index in [-0.39, 0.29) is 5.25 Å². The Morgan fingerprint density at radius 1 is 0.889 bits per heavy atom. The molecule has 0 saturated carbocycles. The first-order chi connectivity index (χ1) is 13.2. The Hall–Kier alpha value is -1.76. The lowest BCUT2D eigenvalue weighted by Gasteiger charge is -2.21. The average molecular weight is 392 g/mol. The summed E-state index contributed by atoms with van der Waals surface area (Å²) in [5.41, 5.74) is 2.06. The SMILES string of the molecule is COc1ccc(COC[C@H]2SC[C@@H](F)[C@@H]2OCc2ccc(OC)cc2)cc1. The zero-order chi connectivity index (χ0) is 19.1. The zero-order valence-corrected chi connectivity index (χ0v) is 16.4. The van der Waals surface area contributed by atoms with E-state index in [2.05, 4.69) is 0 Å². The number of ether oxygens (including phenoxy) is 4. The maximum absolute atomic E-state index is 14.3. The van der Waals surface area contributed by atoms with Crippen LogP contribution in [0.5, 0.6) is 11.5 Å². The van der Waals surface area contributed by atoms with Gasteiger partial charge in [0.25, 0.3) is 0 Å². The summed E-state index contributed by atoms with van der Waals surface area (Å²) >= 11 is 1.58. The van der Waals surface area contributed by atoms with E-state index in [0.29, 0.717) is 25.6 Å². The lowest BCUT2D eigenvalue weighted by Crippen LogP contribution is -2.32. The topological polar surface area (TPSA) is 36.9 Å². The van der Waals surface area contributed by atoms with Gasteiger partial charge in [-0.2, -0.15) is 11.8 Å². The number of rotatable bonds is 9. The molecule has 0 amide bonds. The third-order valence-electron chi connectivity index (χ3n) is 4.50. The fraction of sp³-hybridized carbons (Fsp3) is 0.429. The summed E-state index contributed by atoms with van der Waals surface area (Å²) in [5, 5.41) is -0.00324. The Morgan fingerprint density at radius 3 is 2.00 bits per heavy atom. The van der Waals surface area contributed by atoms with E-state index in [1.54, 1.807) is 26.0 Å². The summed E-state index contributed by atoms with van der Waals surface area (Å²) in [7, 11) is 3.27. The van der Waals surface area contributed by atoms with Gasteiger partial charge in [-0.1, -0.05) is 24.3 Å². The smallest absolute Gasteiger partial charge is 0.136 e. The molecule has 2 aromatic carbocycles. The molecule has 4 nitrogen and oxygen atoms in total. The van der Waals surface area contributed by atoms with Crippen LogP contribution in [-0.2, 0) is 22.7 Å². The molecule has 0 radical (unpaired) electrons. The van der Waals surface area contributed by atoms with Crippen molar-refractivity contribution in [2.45, 2.75) is 30.7 Å². The van der Waals surface area contributed by atoms with E-state index >= 15 is 0 Å². The van der Waals surface area contributed by atoms with Crippen LogP contribution in [0.1, 0.15) is 11.1 Å². The van der Waals surface area contributed by atoms with Crippen LogP contribution in [0.4, 0.5) is 4.39 Å². The van der Waals surface area contributed by atoms with Crippen molar-refractivity contribution in [3.8, 4) is 11.5 Å². The number of benzene rings is 2. The van der Waals surface area contributed by atoms with Crippen molar-refractivity contribution in [2.24, 2.45) is 0 Å². The molecule has 1 aliphatic rings. The highest BCUT2D eigenvalue weighted by Gasteiger charge is 2.38. The molecule has 3 atom stereocenters. The number of halogens is 1. The Kier molecular flexibility index (Phi) is 7.38. The number of thioether (sulfide) groups is 1. The van der Waals surface area contributed by atoms with Crippen LogP contribution < -0.4 is 9.47 Å². The molecule has 1 aliphatic heterocycles. The van der Waals surface area contributed by atoms with Crippen LogP contribution in [-0.4, -0.2) is 44.1 Å². The third kappa shape index (κ3) is 5.61. The van der Waals surface area contributed by atoms with Crippen molar-refractivity contribution in [2.75, 3.05) is 26.6 Å². The van der Waals surface area contributed by atoms with Gasteiger partial charge >= 0.3 is 0 Å². The summed E-state index contributed by atoms with van der Waals surface area (Å²) in [6.07, 6.45) is -1.42. The molecule has 1 fully saturated rings. The highest BCUT2D eigenvalue weighted by atomic mass is 32.2. The van der Waals surface area contributed by atoms with Crippen LogP contribution in [0, 0.1) is 0 Å². The summed E-state index contributed by atoms with van der Waals surface area (Å²) in [4.78, 5) is 0. The highest BCUT2D eigenvalue weighted by Crippen LogP contribution is 2.32. The Balaban J connectivity index is 1.47. The van der Waals surface area contributed by atoms with E-state index in [0.717, 1.165) is 22.6 Å². The molecule has 0 aliphatic carbocycles. The molecular formula is C21H25FO4S. The van der Waals surface area contributed by atoms with Crippen molar-refractivity contribution in [1.82, 2.24) is 0 Å². The molecule has 0 spiro atoms. The first-order valence-corrected chi connectivity index (χ1v) is 9.95. The average Bonchev–Trinajstić information content (AvgIpc) is 3.07. The molecule has 6 heteroatoms. The zero-order valence-electron chi connectivity index (χ0n) is 15.6. The molecule has 1 saturated heterocycles. The van der Waals surface area contributed by atoms with Crippen molar-refractivity contribution in [3.63, 3.8) is 0 Å². The summed E-state index contributed by atoms with van der Waals surface area (Å²) in [5.74, 6) is 2.06. The molecule has 146 valence electrons. The summed E-state index contributed by atoms with van der Waals surface area (Å²) < 4.78 is 36.3. The molecule has 0 N–H and O–H groups in total. The third-order valence-corrected chi connectivity index (χ3v) is 5.85. The number of alkyl halides is 1. The van der Waals surface area contributed by atoms with Crippen LogP contribution >= 0.6 is 11.8 Å². The van der Waals surface area contributed by atoms with Gasteiger partial charge in [-0.05, 0) is 35.4 Å². The van der Waals surface area contributed by atoms with Gasteiger partial charge in [-0.25, -0.2) is 4.39 Å². The predicted octanol–water partition coefficient (Wildman–Crippen LogP) is 4.26. The Labute approximate surface area is 164 Å². The number of hydrogen-bond acceptors (Lipinski definition) is 5. The second kappa shape index (κ2) is 9.97. The van der Waals surface area contributed by atoms with Gasteiger partial charge in [-0.3, -0.25) is 0 Å². The van der Waals surface area contributed by atoms with Crippen LogP contribution in [0.15, 0.2) is 48.5 Å². The number of methoxy groups -OCH3 is 2. The quantitative estimate of drug-likeness (QED) is 0.637. The second-order valence-corrected chi connectivity index (χ2v) is 7.65. The van der Waals surface area contributed by atoms with Gasteiger partial charge in [0.1, 0.15) is 23.8 Å². The molecule has 0 bridgehead atoms. The van der Waals surface area contributed by atoms with Crippen LogP contribution in [0.3, 0.4) is 0 Å². The van der Waals surface area contributed by atoms with Gasteiger partial charge in [0.15, 0.2) is 0 Å². The normalized spacial score (nSPS) is 22.0. The van der Waals surface area contributed by atoms with Crippen molar-refractivity contribution in [1.29, 1.82) is 0 Å². The molecule has 27 heavy (non-hydrogen) atoms. The maximum atomic E-state index is 14.3. The second-order valence-electron chi connectivity index (χ2n) is 6.37. The van der Waals surface area contributed by atoms with Gasteiger partial charge in [-0.15, -0.1) is 0 Å². The largest absolute Gasteiger partial charge is 0.497 e. The fourth-order valence-corrected chi connectivity index (χ4v) is 4.17. The first-order valence-electron chi connectivity index (χ1n) is 8.90. The van der Waals surface area contributed by atoms with Crippen LogP contribution in [0.25, 0.3) is 0 Å². The minimum Gasteiger partial charge on any atom is -0.497 e. The predicted molar refractivity (Wildman–Crippen MR) is 105 cm³/mol. The van der Waals surface area contributed by atoms with E-state index in [9.17, 15) is 4.39 Å². The molecule has 0 aromatic heterocycles. The van der Waals surface area contributed by atoms with Crippen molar-refractivity contribution >= 4 is 11.8 Å². The lowest BCUT2D eigenvalue weighted by atomic mass is 10.1. The minimum absolute atomic E-state index is 0.00324. The molecule has 3 rings (SSSR count). The Bertz CT molecular complexity index is 692. The van der Waals surface area contributed by atoms with Crippen LogP contribution in [0.2, 0.25) is 0 Å². The lowest BCUT2D eigenvalue weighted by molar-refractivity contribution is -0.0168. The van der Waals surface area contributed by atoms with Gasteiger partial charge < -0.3 is 18.9 Å². The highest BCUT2D eigenvalue weighted by molar-refractivity contribution is 8.00. The van der Waals surface area contributed by atoms with Crippen molar-refractivity contribution < 1.29 is 23.3 Å². The molecule has 1 heterocycles.